The van der Waals surface area contributed by atoms with E-state index in [4.69, 9.17) is 0 Å². The average molecular weight is 165 g/mol. The highest BCUT2D eigenvalue weighted by molar-refractivity contribution is 4.58. The predicted octanol–water partition coefficient (Wildman–Crippen LogP) is 1.23. The van der Waals surface area contributed by atoms with Crippen LogP contribution >= 0.6 is 0 Å². The van der Waals surface area contributed by atoms with Gasteiger partial charge in [-0.2, -0.15) is 18.3 Å². The second-order valence-corrected chi connectivity index (χ2v) is 2.02. The summed E-state index contributed by atoms with van der Waals surface area (Å²) in [6.45, 7) is -0.163. The SMILES string of the molecule is FC(F)(F)CCn1cncn1. The van der Waals surface area contributed by atoms with Crippen LogP contribution in [0.5, 0.6) is 0 Å². The molecule has 11 heavy (non-hydrogen) atoms. The van der Waals surface area contributed by atoms with Crippen molar-refractivity contribution in [3.8, 4) is 0 Å². The van der Waals surface area contributed by atoms with E-state index in [9.17, 15) is 13.2 Å². The standard InChI is InChI=1S/C5H6F3N3/c6-5(7,8)1-2-11-4-9-3-10-11/h3-4H,1-2H2. The third-order valence-electron chi connectivity index (χ3n) is 1.09. The van der Waals surface area contributed by atoms with E-state index in [1.54, 1.807) is 0 Å². The van der Waals surface area contributed by atoms with Crippen molar-refractivity contribution in [2.75, 3.05) is 0 Å². The molecule has 0 atom stereocenters. The lowest BCUT2D eigenvalue weighted by Gasteiger charge is -2.04. The summed E-state index contributed by atoms with van der Waals surface area (Å²) < 4.78 is 35.9. The molecule has 0 aliphatic carbocycles. The highest BCUT2D eigenvalue weighted by Gasteiger charge is 2.26. The van der Waals surface area contributed by atoms with Gasteiger partial charge in [0.1, 0.15) is 12.7 Å². The van der Waals surface area contributed by atoms with Gasteiger partial charge in [-0.25, -0.2) is 4.98 Å². The van der Waals surface area contributed by atoms with Gasteiger partial charge in [0.2, 0.25) is 0 Å². The van der Waals surface area contributed by atoms with Gasteiger partial charge in [0.25, 0.3) is 0 Å². The highest BCUT2D eigenvalue weighted by Crippen LogP contribution is 2.19. The molecule has 0 N–H and O–H groups in total. The van der Waals surface area contributed by atoms with E-state index >= 15 is 0 Å². The Hall–Kier alpha value is -1.07. The Bertz CT molecular complexity index is 203. The lowest BCUT2D eigenvalue weighted by atomic mass is 10.4. The van der Waals surface area contributed by atoms with Crippen LogP contribution in [-0.4, -0.2) is 20.9 Å². The molecule has 1 aromatic heterocycles. The first-order valence-corrected chi connectivity index (χ1v) is 2.97. The van der Waals surface area contributed by atoms with Crippen molar-refractivity contribution >= 4 is 0 Å². The van der Waals surface area contributed by atoms with E-state index < -0.39 is 12.6 Å². The van der Waals surface area contributed by atoms with E-state index in [1.165, 1.54) is 12.7 Å². The minimum absolute atomic E-state index is 0.163. The van der Waals surface area contributed by atoms with Crippen molar-refractivity contribution in [3.05, 3.63) is 12.7 Å². The molecular formula is C5H6F3N3. The van der Waals surface area contributed by atoms with E-state index in [0.29, 0.717) is 0 Å². The molecule has 3 nitrogen and oxygen atoms in total. The van der Waals surface area contributed by atoms with Crippen LogP contribution in [0.25, 0.3) is 0 Å². The lowest BCUT2D eigenvalue weighted by Crippen LogP contribution is -2.12. The quantitative estimate of drug-likeness (QED) is 0.659. The van der Waals surface area contributed by atoms with Crippen LogP contribution in [0.15, 0.2) is 12.7 Å². The monoisotopic (exact) mass is 165 g/mol. The van der Waals surface area contributed by atoms with Gasteiger partial charge >= 0.3 is 6.18 Å². The zero-order valence-electron chi connectivity index (χ0n) is 5.54. The Kier molecular flexibility index (Phi) is 2.11. The average Bonchev–Trinajstić information content (AvgIpc) is 2.32. The summed E-state index contributed by atoms with van der Waals surface area (Å²) in [6, 6.07) is 0. The summed E-state index contributed by atoms with van der Waals surface area (Å²) in [5.41, 5.74) is 0. The van der Waals surface area contributed by atoms with Crippen molar-refractivity contribution in [1.82, 2.24) is 14.8 Å². The van der Waals surface area contributed by atoms with Gasteiger partial charge in [0, 0.05) is 0 Å². The van der Waals surface area contributed by atoms with Crippen LogP contribution in [0.2, 0.25) is 0 Å². The maximum atomic E-state index is 11.6. The van der Waals surface area contributed by atoms with Crippen LogP contribution in [-0.2, 0) is 6.54 Å². The molecule has 0 aromatic carbocycles. The normalized spacial score (nSPS) is 11.9. The Morgan fingerprint density at radius 1 is 1.36 bits per heavy atom. The molecule has 6 heteroatoms. The molecule has 0 amide bonds. The van der Waals surface area contributed by atoms with E-state index in [2.05, 4.69) is 10.1 Å². The van der Waals surface area contributed by atoms with Crippen LogP contribution in [0.3, 0.4) is 0 Å². The van der Waals surface area contributed by atoms with Crippen LogP contribution in [0, 0.1) is 0 Å². The van der Waals surface area contributed by atoms with E-state index in [0.717, 1.165) is 4.68 Å². The summed E-state index contributed by atoms with van der Waals surface area (Å²) in [7, 11) is 0. The third-order valence-corrected chi connectivity index (χ3v) is 1.09. The lowest BCUT2D eigenvalue weighted by molar-refractivity contribution is -0.137. The van der Waals surface area contributed by atoms with Gasteiger partial charge in [0.05, 0.1) is 13.0 Å². The van der Waals surface area contributed by atoms with Gasteiger partial charge in [-0.15, -0.1) is 0 Å². The predicted molar refractivity (Wildman–Crippen MR) is 30.7 cm³/mol. The van der Waals surface area contributed by atoms with Crippen LogP contribution in [0.4, 0.5) is 13.2 Å². The van der Waals surface area contributed by atoms with Crippen LogP contribution < -0.4 is 0 Å². The molecule has 62 valence electrons. The molecule has 0 aliphatic heterocycles. The molecule has 0 saturated carbocycles. The number of nitrogens with zero attached hydrogens (tertiary/aromatic N) is 3. The Balaban J connectivity index is 2.35. The largest absolute Gasteiger partial charge is 0.390 e. The van der Waals surface area contributed by atoms with Gasteiger partial charge in [-0.05, 0) is 0 Å². The molecule has 0 saturated heterocycles. The first-order chi connectivity index (χ1) is 5.08. The van der Waals surface area contributed by atoms with Crippen molar-refractivity contribution in [2.24, 2.45) is 0 Å². The molecule has 0 unspecified atom stereocenters. The number of hydrogen-bond acceptors (Lipinski definition) is 2. The fourth-order valence-electron chi connectivity index (χ4n) is 0.590. The maximum absolute atomic E-state index is 11.6. The summed E-state index contributed by atoms with van der Waals surface area (Å²) >= 11 is 0. The molecule has 1 rings (SSSR count). The smallest absolute Gasteiger partial charge is 0.253 e. The minimum atomic E-state index is -4.12. The Morgan fingerprint density at radius 3 is 2.55 bits per heavy atom. The van der Waals surface area contributed by atoms with Crippen molar-refractivity contribution in [1.29, 1.82) is 0 Å². The Morgan fingerprint density at radius 2 is 2.09 bits per heavy atom. The molecule has 0 bridgehead atoms. The first-order valence-electron chi connectivity index (χ1n) is 2.97. The number of aryl methyl sites for hydroxylation is 1. The maximum Gasteiger partial charge on any atom is 0.390 e. The second kappa shape index (κ2) is 2.89. The molecule has 1 heterocycles. The fraction of sp³-hybridized carbons (Fsp3) is 0.600. The molecule has 0 fully saturated rings. The number of halogens is 3. The summed E-state index contributed by atoms with van der Waals surface area (Å²) in [5.74, 6) is 0. The summed E-state index contributed by atoms with van der Waals surface area (Å²) in [6.07, 6.45) is -2.52. The van der Waals surface area contributed by atoms with Gasteiger partial charge < -0.3 is 0 Å². The third kappa shape index (κ3) is 3.01. The molecule has 0 spiro atoms. The second-order valence-electron chi connectivity index (χ2n) is 2.02. The number of hydrogen-bond donors (Lipinski definition) is 0. The van der Waals surface area contributed by atoms with Crippen molar-refractivity contribution in [2.45, 2.75) is 19.1 Å². The highest BCUT2D eigenvalue weighted by atomic mass is 19.4. The van der Waals surface area contributed by atoms with E-state index in [-0.39, 0.29) is 6.54 Å². The number of aromatic nitrogens is 3. The molecular weight excluding hydrogens is 159 g/mol. The van der Waals surface area contributed by atoms with Crippen molar-refractivity contribution in [3.63, 3.8) is 0 Å². The Labute approximate surface area is 60.8 Å². The van der Waals surface area contributed by atoms with Gasteiger partial charge in [-0.3, -0.25) is 4.68 Å². The zero-order valence-corrected chi connectivity index (χ0v) is 5.54. The van der Waals surface area contributed by atoms with Gasteiger partial charge in [-0.1, -0.05) is 0 Å². The molecule has 0 aliphatic rings. The van der Waals surface area contributed by atoms with Crippen LogP contribution in [0.1, 0.15) is 6.42 Å². The summed E-state index contributed by atoms with van der Waals surface area (Å²) in [5, 5.41) is 3.52. The number of alkyl halides is 3. The topological polar surface area (TPSA) is 30.7 Å². The summed E-state index contributed by atoms with van der Waals surface area (Å²) in [4.78, 5) is 3.51. The fourth-order valence-corrected chi connectivity index (χ4v) is 0.590. The zero-order chi connectivity index (χ0) is 8.32. The molecule has 0 radical (unpaired) electrons. The molecule has 1 aromatic rings. The van der Waals surface area contributed by atoms with Crippen molar-refractivity contribution < 1.29 is 13.2 Å². The first kappa shape index (κ1) is 8.03. The minimum Gasteiger partial charge on any atom is -0.253 e. The van der Waals surface area contributed by atoms with E-state index in [1.807, 2.05) is 0 Å². The van der Waals surface area contributed by atoms with Gasteiger partial charge in [0.15, 0.2) is 0 Å². The number of rotatable bonds is 2.